The number of halogens is 1. The lowest BCUT2D eigenvalue weighted by Gasteiger charge is -2.12. The van der Waals surface area contributed by atoms with Crippen LogP contribution in [0.2, 0.25) is 4.34 Å². The van der Waals surface area contributed by atoms with E-state index in [0.29, 0.717) is 12.0 Å². The molecule has 0 radical (unpaired) electrons. The van der Waals surface area contributed by atoms with Crippen LogP contribution in [0.3, 0.4) is 0 Å². The minimum Gasteiger partial charge on any atom is -0.266 e. The van der Waals surface area contributed by atoms with Crippen molar-refractivity contribution in [3.05, 3.63) is 46.7 Å². The number of thiophene rings is 1. The monoisotopic (exact) mass is 343 g/mol. The zero-order chi connectivity index (χ0) is 16.0. The second kappa shape index (κ2) is 5.77. The van der Waals surface area contributed by atoms with E-state index in [9.17, 15) is 0 Å². The summed E-state index contributed by atoms with van der Waals surface area (Å²) in [6.07, 6.45) is 6.20. The fourth-order valence-corrected chi connectivity index (χ4v) is 4.04. The third-order valence-corrected chi connectivity index (χ3v) is 5.41. The largest absolute Gasteiger partial charge is 0.266 e. The smallest absolute Gasteiger partial charge is 0.110 e. The van der Waals surface area contributed by atoms with Crippen LogP contribution in [0.4, 0.5) is 0 Å². The zero-order valence-corrected chi connectivity index (χ0v) is 14.7. The van der Waals surface area contributed by atoms with Crippen molar-refractivity contribution in [1.82, 2.24) is 14.8 Å². The highest BCUT2D eigenvalue weighted by Gasteiger charge is 2.34. The third kappa shape index (κ3) is 2.70. The Labute approximate surface area is 144 Å². The van der Waals surface area contributed by atoms with Gasteiger partial charge in [-0.2, -0.15) is 5.10 Å². The summed E-state index contributed by atoms with van der Waals surface area (Å²) in [4.78, 5) is 5.29. The molecule has 118 valence electrons. The molecule has 0 aliphatic heterocycles. The van der Waals surface area contributed by atoms with Crippen LogP contribution in [0.25, 0.3) is 21.7 Å². The van der Waals surface area contributed by atoms with Gasteiger partial charge in [0.25, 0.3) is 0 Å². The van der Waals surface area contributed by atoms with Crippen LogP contribution >= 0.6 is 22.9 Å². The van der Waals surface area contributed by atoms with Gasteiger partial charge in [-0.15, -0.1) is 11.3 Å². The van der Waals surface area contributed by atoms with E-state index in [2.05, 4.69) is 41.7 Å². The molecule has 0 spiro atoms. The lowest BCUT2D eigenvalue weighted by molar-refractivity contribution is 0.511. The Hall–Kier alpha value is -1.65. The molecule has 1 aliphatic carbocycles. The van der Waals surface area contributed by atoms with Crippen LogP contribution < -0.4 is 0 Å². The van der Waals surface area contributed by atoms with Crippen LogP contribution in [-0.4, -0.2) is 14.8 Å². The number of rotatable bonds is 4. The van der Waals surface area contributed by atoms with Gasteiger partial charge in [-0.25, -0.2) is 0 Å². The Kier molecular flexibility index (Phi) is 3.74. The molecule has 0 N–H and O–H groups in total. The lowest BCUT2D eigenvalue weighted by Crippen LogP contribution is -2.07. The average Bonchev–Trinajstić information content (AvgIpc) is 3.16. The molecule has 1 fully saturated rings. The molecule has 0 bridgehead atoms. The van der Waals surface area contributed by atoms with Crippen LogP contribution in [0, 0.1) is 0 Å². The number of hydrogen-bond acceptors (Lipinski definition) is 3. The van der Waals surface area contributed by atoms with Crippen molar-refractivity contribution in [3.8, 4) is 21.7 Å². The summed E-state index contributed by atoms with van der Waals surface area (Å²) in [6, 6.07) is 8.51. The van der Waals surface area contributed by atoms with Crippen molar-refractivity contribution in [3.63, 3.8) is 0 Å². The minimum absolute atomic E-state index is 0.343. The van der Waals surface area contributed by atoms with Crippen molar-refractivity contribution in [2.75, 3.05) is 0 Å². The molecule has 5 heteroatoms. The highest BCUT2D eigenvalue weighted by molar-refractivity contribution is 7.19. The summed E-state index contributed by atoms with van der Waals surface area (Å²) >= 11 is 7.76. The Morgan fingerprint density at radius 1 is 1.17 bits per heavy atom. The van der Waals surface area contributed by atoms with Gasteiger partial charge >= 0.3 is 0 Å². The summed E-state index contributed by atoms with van der Waals surface area (Å²) < 4.78 is 3.00. The van der Waals surface area contributed by atoms with E-state index in [0.717, 1.165) is 14.9 Å². The molecule has 0 saturated heterocycles. The van der Waals surface area contributed by atoms with E-state index in [1.165, 1.54) is 29.7 Å². The van der Waals surface area contributed by atoms with Gasteiger partial charge in [-0.05, 0) is 56.5 Å². The van der Waals surface area contributed by atoms with Crippen LogP contribution in [0.15, 0.2) is 36.7 Å². The molecule has 0 amide bonds. The lowest BCUT2D eigenvalue weighted by atomic mass is 10.0. The normalized spacial score (nSPS) is 14.6. The number of aromatic nitrogens is 3. The van der Waals surface area contributed by atoms with Crippen LogP contribution in [-0.2, 0) is 0 Å². The first-order chi connectivity index (χ1) is 11.1. The minimum atomic E-state index is 0.343. The van der Waals surface area contributed by atoms with Crippen molar-refractivity contribution >= 4 is 22.9 Å². The maximum atomic E-state index is 6.17. The number of hydrogen-bond donors (Lipinski definition) is 0. The third-order valence-electron chi connectivity index (χ3n) is 4.18. The van der Waals surface area contributed by atoms with E-state index in [1.54, 1.807) is 11.3 Å². The summed E-state index contributed by atoms with van der Waals surface area (Å²) in [5, 5.41) is 4.98. The van der Waals surface area contributed by atoms with Crippen molar-refractivity contribution < 1.29 is 0 Å². The van der Waals surface area contributed by atoms with Crippen LogP contribution in [0.5, 0.6) is 0 Å². The molecule has 3 aromatic rings. The first kappa shape index (κ1) is 14.9. The maximum Gasteiger partial charge on any atom is 0.110 e. The van der Waals surface area contributed by atoms with Gasteiger partial charge < -0.3 is 0 Å². The van der Waals surface area contributed by atoms with Gasteiger partial charge in [-0.1, -0.05) is 11.6 Å². The van der Waals surface area contributed by atoms with Gasteiger partial charge in [0.2, 0.25) is 0 Å². The molecular weight excluding hydrogens is 326 g/mol. The average molecular weight is 344 g/mol. The molecular formula is C18H18ClN3S. The summed E-state index contributed by atoms with van der Waals surface area (Å²) in [5.74, 6) is 0.622. The van der Waals surface area contributed by atoms with Gasteiger partial charge in [0, 0.05) is 29.9 Å². The van der Waals surface area contributed by atoms with E-state index < -0.39 is 0 Å². The van der Waals surface area contributed by atoms with E-state index in [-0.39, 0.29) is 0 Å². The molecule has 3 nitrogen and oxygen atoms in total. The number of nitrogens with zero attached hydrogens (tertiary/aromatic N) is 3. The summed E-state index contributed by atoms with van der Waals surface area (Å²) in [6.45, 7) is 4.39. The zero-order valence-electron chi connectivity index (χ0n) is 13.2. The quantitative estimate of drug-likeness (QED) is 0.600. The van der Waals surface area contributed by atoms with Crippen molar-refractivity contribution in [1.29, 1.82) is 0 Å². The van der Waals surface area contributed by atoms with E-state index in [4.69, 9.17) is 16.7 Å². The maximum absolute atomic E-state index is 6.17. The molecule has 3 heterocycles. The van der Waals surface area contributed by atoms with Gasteiger partial charge in [-0.3, -0.25) is 9.67 Å². The molecule has 4 rings (SSSR count). The second-order valence-corrected chi connectivity index (χ2v) is 7.98. The summed E-state index contributed by atoms with van der Waals surface area (Å²) in [7, 11) is 0. The topological polar surface area (TPSA) is 30.7 Å². The first-order valence-electron chi connectivity index (χ1n) is 7.93. The molecule has 0 aromatic carbocycles. The van der Waals surface area contributed by atoms with E-state index in [1.807, 2.05) is 18.5 Å². The molecule has 1 saturated carbocycles. The van der Waals surface area contributed by atoms with Crippen molar-refractivity contribution in [2.45, 2.75) is 38.6 Å². The molecule has 1 aliphatic rings. The van der Waals surface area contributed by atoms with Crippen LogP contribution in [0.1, 0.15) is 44.3 Å². The van der Waals surface area contributed by atoms with Gasteiger partial charge in [0.1, 0.15) is 5.69 Å². The number of pyridine rings is 1. The molecule has 3 aromatic heterocycles. The molecule has 0 atom stereocenters. The first-order valence-corrected chi connectivity index (χ1v) is 9.13. The Morgan fingerprint density at radius 3 is 2.48 bits per heavy atom. The Morgan fingerprint density at radius 2 is 1.91 bits per heavy atom. The standard InChI is InChI=1S/C18H18ClN3S/c1-11(2)22-18(13-3-4-13)16(12-7-9-20-10-8-12)17(21-22)14-5-6-15(19)23-14/h5-11,13H,3-4H2,1-2H3. The highest BCUT2D eigenvalue weighted by Crippen LogP contribution is 2.49. The van der Waals surface area contributed by atoms with Gasteiger partial charge in [0.15, 0.2) is 0 Å². The molecule has 0 unspecified atom stereocenters. The Balaban J connectivity index is 1.99. The predicted molar refractivity (Wildman–Crippen MR) is 96.1 cm³/mol. The van der Waals surface area contributed by atoms with E-state index >= 15 is 0 Å². The van der Waals surface area contributed by atoms with Gasteiger partial charge in [0.05, 0.1) is 14.9 Å². The fourth-order valence-electron chi connectivity index (χ4n) is 3.01. The SMILES string of the molecule is CC(C)n1nc(-c2ccc(Cl)s2)c(-c2ccncc2)c1C1CC1. The fraction of sp³-hybridized carbons (Fsp3) is 0.333. The second-order valence-electron chi connectivity index (χ2n) is 6.26. The predicted octanol–water partition coefficient (Wildman–Crippen LogP) is 5.79. The summed E-state index contributed by atoms with van der Waals surface area (Å²) in [5.41, 5.74) is 4.85. The Bertz CT molecular complexity index is 831. The highest BCUT2D eigenvalue weighted by atomic mass is 35.5. The van der Waals surface area contributed by atoms with Crippen molar-refractivity contribution in [2.24, 2.45) is 0 Å². The molecule has 23 heavy (non-hydrogen) atoms.